The van der Waals surface area contributed by atoms with Crippen molar-refractivity contribution in [1.29, 1.82) is 0 Å². The lowest BCUT2D eigenvalue weighted by atomic mass is 10.2. The standard InChI is InChI=1S/C21H16N4O2S2/c26-19(10-18-13-29-21(25-18)15-6-8-28-12-15)23-16-4-1-5-17(9-16)24-20(27)14-3-2-7-22-11-14/h1-9,11-13H,10H2,(H,23,26)(H,24,27). The van der Waals surface area contributed by atoms with Crippen LogP contribution < -0.4 is 10.6 Å². The Morgan fingerprint density at radius 1 is 1.00 bits per heavy atom. The minimum atomic E-state index is -0.259. The van der Waals surface area contributed by atoms with Gasteiger partial charge < -0.3 is 10.6 Å². The van der Waals surface area contributed by atoms with Crippen LogP contribution in [0.4, 0.5) is 11.4 Å². The van der Waals surface area contributed by atoms with Gasteiger partial charge in [-0.3, -0.25) is 14.6 Å². The number of hydrogen-bond donors (Lipinski definition) is 2. The maximum atomic E-state index is 12.4. The summed E-state index contributed by atoms with van der Waals surface area (Å²) >= 11 is 3.14. The molecule has 0 unspecified atom stereocenters. The Balaban J connectivity index is 1.37. The van der Waals surface area contributed by atoms with Crippen LogP contribution in [0, 0.1) is 0 Å². The van der Waals surface area contributed by atoms with Gasteiger partial charge in [0.2, 0.25) is 5.91 Å². The quantitative estimate of drug-likeness (QED) is 0.474. The van der Waals surface area contributed by atoms with Gasteiger partial charge in [-0.2, -0.15) is 11.3 Å². The minimum Gasteiger partial charge on any atom is -0.326 e. The van der Waals surface area contributed by atoms with Crippen molar-refractivity contribution < 1.29 is 9.59 Å². The average molecular weight is 421 g/mol. The Bertz CT molecular complexity index is 1120. The average Bonchev–Trinajstić information content (AvgIpc) is 3.41. The summed E-state index contributed by atoms with van der Waals surface area (Å²) in [5, 5.41) is 12.5. The van der Waals surface area contributed by atoms with Crippen LogP contribution in [0.2, 0.25) is 0 Å². The largest absolute Gasteiger partial charge is 0.326 e. The molecule has 144 valence electrons. The fourth-order valence-corrected chi connectivity index (χ4v) is 4.18. The second-order valence-corrected chi connectivity index (χ2v) is 7.80. The molecule has 0 radical (unpaired) electrons. The van der Waals surface area contributed by atoms with Crippen molar-refractivity contribution >= 4 is 45.9 Å². The lowest BCUT2D eigenvalue weighted by Crippen LogP contribution is -2.15. The molecule has 1 aromatic carbocycles. The molecule has 0 bridgehead atoms. The molecule has 8 heteroatoms. The number of hydrogen-bond acceptors (Lipinski definition) is 6. The number of pyridine rings is 1. The molecular formula is C21H16N4O2S2. The highest BCUT2D eigenvalue weighted by Crippen LogP contribution is 2.26. The van der Waals surface area contributed by atoms with Crippen LogP contribution in [0.5, 0.6) is 0 Å². The van der Waals surface area contributed by atoms with Crippen molar-refractivity contribution in [1.82, 2.24) is 9.97 Å². The van der Waals surface area contributed by atoms with Gasteiger partial charge in [0, 0.05) is 40.1 Å². The molecule has 0 saturated heterocycles. The van der Waals surface area contributed by atoms with Crippen LogP contribution in [-0.4, -0.2) is 21.8 Å². The molecular weight excluding hydrogens is 404 g/mol. The molecule has 0 aliphatic heterocycles. The van der Waals surface area contributed by atoms with Crippen molar-refractivity contribution in [3.63, 3.8) is 0 Å². The van der Waals surface area contributed by atoms with E-state index in [1.54, 1.807) is 53.9 Å². The molecule has 29 heavy (non-hydrogen) atoms. The zero-order valence-electron chi connectivity index (χ0n) is 15.2. The first-order valence-corrected chi connectivity index (χ1v) is 10.6. The van der Waals surface area contributed by atoms with E-state index in [4.69, 9.17) is 0 Å². The summed E-state index contributed by atoms with van der Waals surface area (Å²) in [6, 6.07) is 12.4. The Labute approximate surface area is 175 Å². The summed E-state index contributed by atoms with van der Waals surface area (Å²) in [5.74, 6) is -0.423. The van der Waals surface area contributed by atoms with Crippen LogP contribution in [0.15, 0.2) is 71.0 Å². The fraction of sp³-hybridized carbons (Fsp3) is 0.0476. The first-order valence-electron chi connectivity index (χ1n) is 8.75. The number of carbonyl (C=O) groups excluding carboxylic acids is 2. The van der Waals surface area contributed by atoms with E-state index in [0.29, 0.717) is 16.9 Å². The predicted octanol–water partition coefficient (Wildman–Crippen LogP) is 4.70. The second kappa shape index (κ2) is 8.76. The summed E-state index contributed by atoms with van der Waals surface area (Å²) in [6.07, 6.45) is 3.30. The summed E-state index contributed by atoms with van der Waals surface area (Å²) in [5.41, 5.74) is 3.46. The van der Waals surface area contributed by atoms with E-state index in [9.17, 15) is 9.59 Å². The van der Waals surface area contributed by atoms with E-state index in [0.717, 1.165) is 16.3 Å². The number of rotatable bonds is 6. The number of nitrogens with zero attached hydrogens (tertiary/aromatic N) is 2. The van der Waals surface area contributed by atoms with Crippen molar-refractivity contribution in [3.05, 3.63) is 82.3 Å². The van der Waals surface area contributed by atoms with Gasteiger partial charge in [-0.05, 0) is 41.8 Å². The molecule has 4 rings (SSSR count). The molecule has 0 aliphatic rings. The summed E-state index contributed by atoms with van der Waals surface area (Å²) < 4.78 is 0. The van der Waals surface area contributed by atoms with Gasteiger partial charge in [0.1, 0.15) is 5.01 Å². The van der Waals surface area contributed by atoms with Gasteiger partial charge in [-0.15, -0.1) is 11.3 Å². The SMILES string of the molecule is O=C(Cc1csc(-c2ccsc2)n1)Nc1cccc(NC(=O)c2cccnc2)c1. The molecule has 0 spiro atoms. The molecule has 2 N–H and O–H groups in total. The number of thiazole rings is 1. The number of benzene rings is 1. The van der Waals surface area contributed by atoms with Gasteiger partial charge in [0.15, 0.2) is 0 Å². The first kappa shape index (κ1) is 19.0. The van der Waals surface area contributed by atoms with E-state index in [-0.39, 0.29) is 18.2 Å². The van der Waals surface area contributed by atoms with Gasteiger partial charge in [-0.1, -0.05) is 6.07 Å². The van der Waals surface area contributed by atoms with Crippen molar-refractivity contribution in [3.8, 4) is 10.6 Å². The second-order valence-electron chi connectivity index (χ2n) is 6.16. The third-order valence-electron chi connectivity index (χ3n) is 3.99. The third-order valence-corrected chi connectivity index (χ3v) is 5.61. The molecule has 0 fully saturated rings. The monoisotopic (exact) mass is 420 g/mol. The van der Waals surface area contributed by atoms with Gasteiger partial charge in [0.25, 0.3) is 5.91 Å². The lowest BCUT2D eigenvalue weighted by molar-refractivity contribution is -0.115. The fourth-order valence-electron chi connectivity index (χ4n) is 2.65. The molecule has 0 aliphatic carbocycles. The summed E-state index contributed by atoms with van der Waals surface area (Å²) in [4.78, 5) is 33.1. The number of amides is 2. The van der Waals surface area contributed by atoms with E-state index in [1.165, 1.54) is 17.5 Å². The normalized spacial score (nSPS) is 10.5. The predicted molar refractivity (Wildman–Crippen MR) is 116 cm³/mol. The Hall–Kier alpha value is -3.36. The molecule has 0 atom stereocenters. The van der Waals surface area contributed by atoms with E-state index in [1.807, 2.05) is 22.2 Å². The van der Waals surface area contributed by atoms with Crippen molar-refractivity contribution in [2.45, 2.75) is 6.42 Å². The molecule has 0 saturated carbocycles. The molecule has 4 aromatic rings. The number of thiophene rings is 1. The molecule has 3 heterocycles. The van der Waals surface area contributed by atoms with Crippen LogP contribution in [0.3, 0.4) is 0 Å². The minimum absolute atomic E-state index is 0.164. The summed E-state index contributed by atoms with van der Waals surface area (Å²) in [7, 11) is 0. The Morgan fingerprint density at radius 2 is 1.86 bits per heavy atom. The maximum Gasteiger partial charge on any atom is 0.257 e. The van der Waals surface area contributed by atoms with E-state index >= 15 is 0 Å². The number of nitrogens with one attached hydrogen (secondary N) is 2. The van der Waals surface area contributed by atoms with Crippen LogP contribution in [0.25, 0.3) is 10.6 Å². The van der Waals surface area contributed by atoms with E-state index < -0.39 is 0 Å². The summed E-state index contributed by atoms with van der Waals surface area (Å²) in [6.45, 7) is 0. The smallest absolute Gasteiger partial charge is 0.257 e. The highest BCUT2D eigenvalue weighted by atomic mass is 32.1. The maximum absolute atomic E-state index is 12.4. The first-order chi connectivity index (χ1) is 14.2. The van der Waals surface area contributed by atoms with Gasteiger partial charge in [0.05, 0.1) is 17.7 Å². The zero-order chi connectivity index (χ0) is 20.1. The van der Waals surface area contributed by atoms with Crippen LogP contribution in [-0.2, 0) is 11.2 Å². The van der Waals surface area contributed by atoms with Crippen LogP contribution in [0.1, 0.15) is 16.1 Å². The number of carbonyl (C=O) groups is 2. The number of aromatic nitrogens is 2. The van der Waals surface area contributed by atoms with Crippen LogP contribution >= 0.6 is 22.7 Å². The lowest BCUT2D eigenvalue weighted by Gasteiger charge is -2.08. The zero-order valence-corrected chi connectivity index (χ0v) is 16.8. The Morgan fingerprint density at radius 3 is 2.62 bits per heavy atom. The highest BCUT2D eigenvalue weighted by Gasteiger charge is 2.11. The topological polar surface area (TPSA) is 84.0 Å². The molecule has 2 amide bonds. The Kier molecular flexibility index (Phi) is 5.73. The van der Waals surface area contributed by atoms with Gasteiger partial charge >= 0.3 is 0 Å². The number of anilines is 2. The molecule has 3 aromatic heterocycles. The highest BCUT2D eigenvalue weighted by molar-refractivity contribution is 7.14. The molecule has 6 nitrogen and oxygen atoms in total. The van der Waals surface area contributed by atoms with Crippen molar-refractivity contribution in [2.24, 2.45) is 0 Å². The van der Waals surface area contributed by atoms with E-state index in [2.05, 4.69) is 20.6 Å². The van der Waals surface area contributed by atoms with Gasteiger partial charge in [-0.25, -0.2) is 4.98 Å². The van der Waals surface area contributed by atoms with Crippen molar-refractivity contribution in [2.75, 3.05) is 10.6 Å². The third kappa shape index (κ3) is 4.92.